The Hall–Kier alpha value is -2.51. The van der Waals surface area contributed by atoms with Gasteiger partial charge in [-0.05, 0) is 24.0 Å². The maximum atomic E-state index is 12.9. The molecule has 1 aromatic carbocycles. The number of benzene rings is 1. The number of nitrogens with two attached hydrogens (primary N) is 1. The fraction of sp³-hybridized carbons (Fsp3) is 0.350. The molecular formula is C20H23N5OS. The van der Waals surface area contributed by atoms with Crippen molar-refractivity contribution < 1.29 is 4.79 Å². The highest BCUT2D eigenvalue weighted by Crippen LogP contribution is 2.30. The summed E-state index contributed by atoms with van der Waals surface area (Å²) in [6.07, 6.45) is 4.54. The molecule has 1 amide bonds. The number of piperidine rings is 1. The van der Waals surface area contributed by atoms with Crippen molar-refractivity contribution >= 4 is 17.2 Å². The van der Waals surface area contributed by atoms with E-state index in [4.69, 9.17) is 5.73 Å². The van der Waals surface area contributed by atoms with Gasteiger partial charge >= 0.3 is 0 Å². The molecule has 1 saturated heterocycles. The number of likely N-dealkylation sites (tertiary alicyclic amines) is 1. The third kappa shape index (κ3) is 3.52. The summed E-state index contributed by atoms with van der Waals surface area (Å²) in [6, 6.07) is 10.0. The van der Waals surface area contributed by atoms with E-state index in [9.17, 15) is 4.79 Å². The van der Waals surface area contributed by atoms with Gasteiger partial charge in [-0.15, -0.1) is 11.3 Å². The number of para-hydroxylation sites is 1. The third-order valence-corrected chi connectivity index (χ3v) is 6.06. The highest BCUT2D eigenvalue weighted by Gasteiger charge is 2.36. The van der Waals surface area contributed by atoms with Gasteiger partial charge in [0.05, 0.1) is 11.9 Å². The second kappa shape index (κ2) is 6.90. The first-order valence-electron chi connectivity index (χ1n) is 9.05. The van der Waals surface area contributed by atoms with Crippen LogP contribution in [-0.2, 0) is 0 Å². The molecule has 3 heterocycles. The van der Waals surface area contributed by atoms with Crippen LogP contribution >= 0.6 is 11.3 Å². The zero-order valence-corrected chi connectivity index (χ0v) is 16.3. The average Bonchev–Trinajstić information content (AvgIpc) is 3.33. The van der Waals surface area contributed by atoms with E-state index in [-0.39, 0.29) is 17.4 Å². The lowest BCUT2D eigenvalue weighted by Crippen LogP contribution is -2.54. The Balaban J connectivity index is 1.52. The van der Waals surface area contributed by atoms with Crippen molar-refractivity contribution in [2.45, 2.75) is 26.3 Å². The highest BCUT2D eigenvalue weighted by molar-refractivity contribution is 7.13. The van der Waals surface area contributed by atoms with Gasteiger partial charge in [0, 0.05) is 36.3 Å². The van der Waals surface area contributed by atoms with E-state index in [0.29, 0.717) is 18.8 Å². The zero-order chi connectivity index (χ0) is 19.0. The summed E-state index contributed by atoms with van der Waals surface area (Å²) >= 11 is 1.47. The van der Waals surface area contributed by atoms with Gasteiger partial charge in [0.1, 0.15) is 10.7 Å². The first-order valence-corrected chi connectivity index (χ1v) is 9.93. The predicted octanol–water partition coefficient (Wildman–Crippen LogP) is 3.20. The Kier molecular flexibility index (Phi) is 4.57. The van der Waals surface area contributed by atoms with Crippen LogP contribution in [0.3, 0.4) is 0 Å². The van der Waals surface area contributed by atoms with Crippen LogP contribution in [0.4, 0.5) is 0 Å². The van der Waals surface area contributed by atoms with Crippen molar-refractivity contribution in [3.63, 3.8) is 0 Å². The van der Waals surface area contributed by atoms with Crippen molar-refractivity contribution in [3.05, 3.63) is 53.8 Å². The molecule has 3 aromatic rings. The second-order valence-electron chi connectivity index (χ2n) is 7.66. The van der Waals surface area contributed by atoms with Crippen molar-refractivity contribution in [2.75, 3.05) is 13.1 Å². The van der Waals surface area contributed by atoms with Crippen LogP contribution in [0.25, 0.3) is 16.3 Å². The summed E-state index contributed by atoms with van der Waals surface area (Å²) in [6.45, 7) is 5.57. The van der Waals surface area contributed by atoms with Crippen LogP contribution in [0.5, 0.6) is 0 Å². The maximum Gasteiger partial charge on any atom is 0.273 e. The van der Waals surface area contributed by atoms with Gasteiger partial charge < -0.3 is 10.6 Å². The molecule has 0 radical (unpaired) electrons. The Bertz CT molecular complexity index is 946. The number of aromatic nitrogens is 3. The summed E-state index contributed by atoms with van der Waals surface area (Å²) in [5, 5.41) is 7.04. The molecule has 27 heavy (non-hydrogen) atoms. The van der Waals surface area contributed by atoms with Gasteiger partial charge in [0.2, 0.25) is 0 Å². The van der Waals surface area contributed by atoms with Crippen LogP contribution in [0.15, 0.2) is 48.1 Å². The van der Waals surface area contributed by atoms with Crippen molar-refractivity contribution in [2.24, 2.45) is 11.1 Å². The summed E-state index contributed by atoms with van der Waals surface area (Å²) < 4.78 is 1.81. The molecule has 1 aliphatic heterocycles. The lowest BCUT2D eigenvalue weighted by Gasteiger charge is -2.42. The number of carbonyl (C=O) groups excluding carboxylic acids is 1. The molecule has 1 aliphatic rings. The smallest absolute Gasteiger partial charge is 0.273 e. The van der Waals surface area contributed by atoms with E-state index in [2.05, 4.69) is 23.9 Å². The average molecular weight is 382 g/mol. The monoisotopic (exact) mass is 381 g/mol. The highest BCUT2D eigenvalue weighted by atomic mass is 32.1. The van der Waals surface area contributed by atoms with Gasteiger partial charge in [-0.1, -0.05) is 32.0 Å². The standard InChI is InChI=1S/C20H23N5OS/c1-20(2)13-24(9-8-17(20)21)19(26)16-12-27-18(23-16)14-10-22-25(11-14)15-6-4-3-5-7-15/h3-7,10-12,17H,8-9,13,21H2,1-2H3. The summed E-state index contributed by atoms with van der Waals surface area (Å²) in [5.41, 5.74) is 8.49. The van der Waals surface area contributed by atoms with Crippen LogP contribution in [0.1, 0.15) is 30.8 Å². The predicted molar refractivity (Wildman–Crippen MR) is 107 cm³/mol. The first-order chi connectivity index (χ1) is 12.9. The van der Waals surface area contributed by atoms with Crippen LogP contribution in [0.2, 0.25) is 0 Å². The van der Waals surface area contributed by atoms with E-state index >= 15 is 0 Å². The molecule has 1 unspecified atom stereocenters. The Morgan fingerprint density at radius 1 is 1.30 bits per heavy atom. The van der Waals surface area contributed by atoms with Crippen molar-refractivity contribution in [1.82, 2.24) is 19.7 Å². The molecule has 2 N–H and O–H groups in total. The molecule has 4 rings (SSSR count). The normalized spacial score (nSPS) is 19.2. The van der Waals surface area contributed by atoms with Crippen molar-refractivity contribution in [1.29, 1.82) is 0 Å². The maximum absolute atomic E-state index is 12.9. The first kappa shape index (κ1) is 17.9. The number of thiazole rings is 1. The molecule has 0 bridgehead atoms. The number of rotatable bonds is 3. The molecule has 0 saturated carbocycles. The van der Waals surface area contributed by atoms with Gasteiger partial charge in [-0.25, -0.2) is 9.67 Å². The summed E-state index contributed by atoms with van der Waals surface area (Å²) in [4.78, 5) is 19.3. The molecule has 6 nitrogen and oxygen atoms in total. The lowest BCUT2D eigenvalue weighted by atomic mass is 9.79. The second-order valence-corrected chi connectivity index (χ2v) is 8.52. The van der Waals surface area contributed by atoms with Crippen LogP contribution < -0.4 is 5.73 Å². The lowest BCUT2D eigenvalue weighted by molar-refractivity contribution is 0.0528. The van der Waals surface area contributed by atoms with E-state index in [1.807, 2.05) is 51.5 Å². The summed E-state index contributed by atoms with van der Waals surface area (Å²) in [5.74, 6) is -0.0204. The minimum Gasteiger partial charge on any atom is -0.337 e. The molecule has 0 aliphatic carbocycles. The number of amides is 1. The fourth-order valence-electron chi connectivity index (χ4n) is 3.37. The largest absolute Gasteiger partial charge is 0.337 e. The van der Waals surface area contributed by atoms with Gasteiger partial charge in [-0.3, -0.25) is 4.79 Å². The molecule has 1 fully saturated rings. The quantitative estimate of drug-likeness (QED) is 0.756. The number of hydrogen-bond acceptors (Lipinski definition) is 5. The van der Waals surface area contributed by atoms with Crippen molar-refractivity contribution in [3.8, 4) is 16.3 Å². The van der Waals surface area contributed by atoms with Crippen LogP contribution in [-0.4, -0.2) is 44.7 Å². The third-order valence-electron chi connectivity index (χ3n) is 5.17. The number of nitrogens with zero attached hydrogens (tertiary/aromatic N) is 4. The van der Waals surface area contributed by atoms with E-state index in [0.717, 1.165) is 22.7 Å². The van der Waals surface area contributed by atoms with E-state index < -0.39 is 0 Å². The zero-order valence-electron chi connectivity index (χ0n) is 15.5. The Morgan fingerprint density at radius 3 is 2.81 bits per heavy atom. The topological polar surface area (TPSA) is 77.0 Å². The molecule has 1 atom stereocenters. The SMILES string of the molecule is CC1(C)CN(C(=O)c2csc(-c3cnn(-c4ccccc4)c3)n2)CCC1N. The number of carbonyl (C=O) groups is 1. The van der Waals surface area contributed by atoms with E-state index in [1.54, 1.807) is 6.20 Å². The van der Waals surface area contributed by atoms with E-state index in [1.165, 1.54) is 11.3 Å². The summed E-state index contributed by atoms with van der Waals surface area (Å²) in [7, 11) is 0. The van der Waals surface area contributed by atoms with Gasteiger partial charge in [0.25, 0.3) is 5.91 Å². The Labute approximate surface area is 162 Å². The number of hydrogen-bond donors (Lipinski definition) is 1. The molecule has 2 aromatic heterocycles. The fourth-order valence-corrected chi connectivity index (χ4v) is 4.14. The Morgan fingerprint density at radius 2 is 2.07 bits per heavy atom. The molecule has 0 spiro atoms. The molecule has 7 heteroatoms. The molecule has 140 valence electrons. The van der Waals surface area contributed by atoms with Gasteiger partial charge in [0.15, 0.2) is 0 Å². The minimum atomic E-state index is -0.0798. The minimum absolute atomic E-state index is 0.0204. The van der Waals surface area contributed by atoms with Gasteiger partial charge in [-0.2, -0.15) is 5.10 Å². The molecular weight excluding hydrogens is 358 g/mol. The van der Waals surface area contributed by atoms with Crippen LogP contribution in [0, 0.1) is 5.41 Å².